The van der Waals surface area contributed by atoms with E-state index in [1.807, 2.05) is 26.0 Å². The summed E-state index contributed by atoms with van der Waals surface area (Å²) in [4.78, 5) is 29.3. The molecule has 1 aliphatic heterocycles. The van der Waals surface area contributed by atoms with Gasteiger partial charge in [-0.25, -0.2) is 4.79 Å². The van der Waals surface area contributed by atoms with Crippen LogP contribution in [-0.2, 0) is 16.1 Å². The van der Waals surface area contributed by atoms with Crippen LogP contribution in [0.25, 0.3) is 0 Å². The second-order valence-electron chi connectivity index (χ2n) is 7.83. The van der Waals surface area contributed by atoms with E-state index in [9.17, 15) is 9.59 Å². The minimum Gasteiger partial charge on any atom is -0.467 e. The van der Waals surface area contributed by atoms with Crippen LogP contribution in [0.3, 0.4) is 0 Å². The van der Waals surface area contributed by atoms with Gasteiger partial charge >= 0.3 is 6.03 Å². The molecular weight excluding hydrogens is 396 g/mol. The molecule has 1 aromatic heterocycles. The molecule has 0 saturated carbocycles. The topological polar surface area (TPSA) is 98.8 Å². The number of nitriles is 1. The molecule has 3 amide bonds. The highest BCUT2D eigenvalue weighted by Crippen LogP contribution is 2.17. The number of carbonyl (C=O) groups is 2. The predicted octanol–water partition coefficient (Wildman–Crippen LogP) is 3.60. The zero-order valence-electron chi connectivity index (χ0n) is 17.9. The zero-order valence-corrected chi connectivity index (χ0v) is 17.9. The van der Waals surface area contributed by atoms with Crippen molar-refractivity contribution < 1.29 is 18.7 Å². The van der Waals surface area contributed by atoms with Crippen LogP contribution < -0.4 is 5.32 Å². The second kappa shape index (κ2) is 10.6. The van der Waals surface area contributed by atoms with Gasteiger partial charge in [0, 0.05) is 24.9 Å². The van der Waals surface area contributed by atoms with Crippen LogP contribution in [0.4, 0.5) is 10.5 Å². The summed E-state index contributed by atoms with van der Waals surface area (Å²) in [5, 5.41) is 11.8. The molecule has 1 fully saturated rings. The molecule has 0 aliphatic carbocycles. The van der Waals surface area contributed by atoms with E-state index in [4.69, 9.17) is 14.4 Å². The van der Waals surface area contributed by atoms with Crippen molar-refractivity contribution in [3.63, 3.8) is 0 Å². The number of nitrogens with zero attached hydrogens (tertiary/aromatic N) is 3. The zero-order chi connectivity index (χ0) is 22.2. The van der Waals surface area contributed by atoms with Crippen LogP contribution in [0, 0.1) is 11.3 Å². The predicted molar refractivity (Wildman–Crippen MR) is 115 cm³/mol. The van der Waals surface area contributed by atoms with E-state index in [2.05, 4.69) is 5.32 Å². The maximum Gasteiger partial charge on any atom is 0.322 e. The number of rotatable bonds is 8. The molecule has 2 heterocycles. The molecule has 1 aliphatic rings. The number of hydrogen-bond donors (Lipinski definition) is 1. The third-order valence-corrected chi connectivity index (χ3v) is 5.16. The minimum absolute atomic E-state index is 0.00559. The Morgan fingerprint density at radius 2 is 2.13 bits per heavy atom. The van der Waals surface area contributed by atoms with E-state index in [-0.39, 0.29) is 24.6 Å². The third kappa shape index (κ3) is 6.33. The molecule has 31 heavy (non-hydrogen) atoms. The van der Waals surface area contributed by atoms with Crippen LogP contribution in [0.15, 0.2) is 47.1 Å². The number of nitrogens with one attached hydrogen (secondary N) is 1. The highest BCUT2D eigenvalue weighted by atomic mass is 16.5. The Morgan fingerprint density at radius 3 is 2.77 bits per heavy atom. The van der Waals surface area contributed by atoms with E-state index in [1.165, 1.54) is 4.90 Å². The molecule has 164 valence electrons. The molecular formula is C23H28N4O4. The van der Waals surface area contributed by atoms with Crippen molar-refractivity contribution in [2.75, 3.05) is 25.0 Å². The lowest BCUT2D eigenvalue weighted by Crippen LogP contribution is -2.48. The summed E-state index contributed by atoms with van der Waals surface area (Å²) >= 11 is 0. The monoisotopic (exact) mass is 424 g/mol. The van der Waals surface area contributed by atoms with Gasteiger partial charge in [-0.05, 0) is 57.0 Å². The van der Waals surface area contributed by atoms with Gasteiger partial charge < -0.3 is 24.3 Å². The number of urea groups is 1. The number of benzene rings is 1. The Bertz CT molecular complexity index is 914. The third-order valence-electron chi connectivity index (χ3n) is 5.16. The first kappa shape index (κ1) is 22.4. The number of ether oxygens (including phenoxy) is 1. The second-order valence-corrected chi connectivity index (χ2v) is 7.83. The van der Waals surface area contributed by atoms with Gasteiger partial charge in [-0.15, -0.1) is 0 Å². The number of furan rings is 1. The molecule has 0 bridgehead atoms. The summed E-state index contributed by atoms with van der Waals surface area (Å²) in [5.41, 5.74) is 0.958. The molecule has 0 radical (unpaired) electrons. The van der Waals surface area contributed by atoms with Gasteiger partial charge in [0.1, 0.15) is 12.3 Å². The number of amides is 3. The molecule has 1 N–H and O–H groups in total. The standard InChI is InChI=1S/C23H28N4O4/c1-17(2)27(23(29)25-19-7-3-6-18(12-19)13-24)16-22(28)26(14-20-8-4-10-30-20)15-21-9-5-11-31-21/h3-4,6-8,10,12,17,21H,5,9,11,14-16H2,1-2H3,(H,25,29)/t21-/m1/s1. The molecule has 1 aromatic carbocycles. The van der Waals surface area contributed by atoms with E-state index < -0.39 is 6.03 Å². The van der Waals surface area contributed by atoms with Crippen LogP contribution in [0.5, 0.6) is 0 Å². The Balaban J connectivity index is 1.69. The van der Waals surface area contributed by atoms with Crippen molar-refractivity contribution in [1.29, 1.82) is 5.26 Å². The van der Waals surface area contributed by atoms with Gasteiger partial charge in [0.15, 0.2) is 0 Å². The van der Waals surface area contributed by atoms with Crippen molar-refractivity contribution in [1.82, 2.24) is 9.80 Å². The van der Waals surface area contributed by atoms with Gasteiger partial charge in [-0.1, -0.05) is 6.07 Å². The average molecular weight is 425 g/mol. The molecule has 1 atom stereocenters. The molecule has 8 nitrogen and oxygen atoms in total. The molecule has 1 saturated heterocycles. The van der Waals surface area contributed by atoms with E-state index in [0.717, 1.165) is 12.8 Å². The Labute approximate surface area is 182 Å². The molecule has 0 unspecified atom stereocenters. The van der Waals surface area contributed by atoms with Crippen LogP contribution >= 0.6 is 0 Å². The van der Waals surface area contributed by atoms with Gasteiger partial charge in [0.05, 0.1) is 30.5 Å². The van der Waals surface area contributed by atoms with Gasteiger partial charge in [0.25, 0.3) is 0 Å². The number of hydrogen-bond acceptors (Lipinski definition) is 5. The van der Waals surface area contributed by atoms with Crippen LogP contribution in [0.1, 0.15) is 38.0 Å². The lowest BCUT2D eigenvalue weighted by atomic mass is 10.2. The largest absolute Gasteiger partial charge is 0.467 e. The SMILES string of the molecule is CC(C)N(CC(=O)N(Cc1ccco1)C[C@H]1CCCO1)C(=O)Nc1cccc(C#N)c1. The summed E-state index contributed by atoms with van der Waals surface area (Å²) in [6, 6.07) is 11.7. The minimum atomic E-state index is -0.395. The average Bonchev–Trinajstić information content (AvgIpc) is 3.45. The van der Waals surface area contributed by atoms with Gasteiger partial charge in [0.2, 0.25) is 5.91 Å². The Morgan fingerprint density at radius 1 is 1.29 bits per heavy atom. The van der Waals surface area contributed by atoms with Crippen molar-refractivity contribution >= 4 is 17.6 Å². The maximum absolute atomic E-state index is 13.2. The number of carbonyl (C=O) groups excluding carboxylic acids is 2. The van der Waals surface area contributed by atoms with Gasteiger partial charge in [-0.3, -0.25) is 4.79 Å². The van der Waals surface area contributed by atoms with Crippen molar-refractivity contribution in [2.45, 2.75) is 45.4 Å². The van der Waals surface area contributed by atoms with Crippen molar-refractivity contribution in [3.05, 3.63) is 54.0 Å². The molecule has 8 heteroatoms. The Kier molecular flexibility index (Phi) is 7.68. The first-order valence-corrected chi connectivity index (χ1v) is 10.5. The van der Waals surface area contributed by atoms with E-state index in [1.54, 1.807) is 41.5 Å². The van der Waals surface area contributed by atoms with Crippen molar-refractivity contribution in [2.24, 2.45) is 0 Å². The summed E-state index contributed by atoms with van der Waals surface area (Å²) < 4.78 is 11.1. The smallest absolute Gasteiger partial charge is 0.322 e. The lowest BCUT2D eigenvalue weighted by Gasteiger charge is -2.30. The first-order chi connectivity index (χ1) is 15.0. The number of anilines is 1. The molecule has 3 rings (SSSR count). The summed E-state index contributed by atoms with van der Waals surface area (Å²) in [6.45, 7) is 5.12. The highest BCUT2D eigenvalue weighted by molar-refractivity contribution is 5.92. The summed E-state index contributed by atoms with van der Waals surface area (Å²) in [6.07, 6.45) is 3.46. The quantitative estimate of drug-likeness (QED) is 0.698. The van der Waals surface area contributed by atoms with Crippen molar-refractivity contribution in [3.8, 4) is 6.07 Å². The fourth-order valence-electron chi connectivity index (χ4n) is 3.48. The van der Waals surface area contributed by atoms with Crippen LogP contribution in [0.2, 0.25) is 0 Å². The van der Waals surface area contributed by atoms with Crippen LogP contribution in [-0.4, -0.2) is 53.6 Å². The van der Waals surface area contributed by atoms with E-state index >= 15 is 0 Å². The fourth-order valence-corrected chi connectivity index (χ4v) is 3.48. The summed E-state index contributed by atoms with van der Waals surface area (Å²) in [5.74, 6) is 0.502. The first-order valence-electron chi connectivity index (χ1n) is 10.5. The highest BCUT2D eigenvalue weighted by Gasteiger charge is 2.27. The van der Waals surface area contributed by atoms with E-state index in [0.29, 0.717) is 36.7 Å². The summed E-state index contributed by atoms with van der Waals surface area (Å²) in [7, 11) is 0. The lowest BCUT2D eigenvalue weighted by molar-refractivity contribution is -0.134. The normalized spacial score (nSPS) is 15.5. The molecule has 2 aromatic rings. The molecule has 0 spiro atoms. The van der Waals surface area contributed by atoms with Gasteiger partial charge in [-0.2, -0.15) is 5.26 Å². The fraction of sp³-hybridized carbons (Fsp3) is 0.435. The maximum atomic E-state index is 13.2. The Hall–Kier alpha value is -3.31.